The maximum Gasteiger partial charge on any atom is 0.361 e. The third kappa shape index (κ3) is 6.95. The van der Waals surface area contributed by atoms with Gasteiger partial charge in [-0.3, -0.25) is 4.79 Å². The molecule has 10 heteroatoms. The molecule has 0 bridgehead atoms. The number of ether oxygens (including phenoxy) is 4. The van der Waals surface area contributed by atoms with Gasteiger partial charge in [-0.25, -0.2) is 14.3 Å². The summed E-state index contributed by atoms with van der Waals surface area (Å²) in [5.41, 5.74) is -0.425. The first-order valence-corrected chi connectivity index (χ1v) is 10.7. The molecule has 0 aromatic carbocycles. The van der Waals surface area contributed by atoms with E-state index >= 15 is 0 Å². The minimum Gasteiger partial charge on any atom is -0.461 e. The van der Waals surface area contributed by atoms with Crippen molar-refractivity contribution in [3.63, 3.8) is 0 Å². The van der Waals surface area contributed by atoms with Gasteiger partial charge in [0.05, 0.1) is 19.6 Å². The van der Waals surface area contributed by atoms with E-state index < -0.39 is 29.7 Å². The van der Waals surface area contributed by atoms with Gasteiger partial charge in [0, 0.05) is 13.2 Å². The Morgan fingerprint density at radius 1 is 1.13 bits per heavy atom. The number of anilines is 1. The van der Waals surface area contributed by atoms with Gasteiger partial charge < -0.3 is 24.3 Å². The molecular formula is C21H33N3O7. The van der Waals surface area contributed by atoms with Crippen LogP contribution in [0.5, 0.6) is 0 Å². The maximum absolute atomic E-state index is 12.8. The molecule has 1 aromatic heterocycles. The molecule has 0 spiro atoms. The largest absolute Gasteiger partial charge is 0.461 e. The number of carbonyl (C=O) groups is 3. The molecule has 2 rings (SSSR count). The van der Waals surface area contributed by atoms with Gasteiger partial charge in [-0.05, 0) is 53.9 Å². The van der Waals surface area contributed by atoms with E-state index in [1.54, 1.807) is 34.6 Å². The number of nitrogens with one attached hydrogen (secondary N) is 1. The third-order valence-corrected chi connectivity index (χ3v) is 4.33. The smallest absolute Gasteiger partial charge is 0.361 e. The predicted octanol–water partition coefficient (Wildman–Crippen LogP) is 3.08. The Kier molecular flexibility index (Phi) is 8.85. The second kappa shape index (κ2) is 11.1. The molecule has 1 saturated heterocycles. The van der Waals surface area contributed by atoms with Crippen molar-refractivity contribution >= 4 is 23.6 Å². The number of carbonyl (C=O) groups excluding carboxylic acids is 3. The first kappa shape index (κ1) is 24.6. The number of hydrogen-bond donors (Lipinski definition) is 1. The first-order chi connectivity index (χ1) is 14.7. The van der Waals surface area contributed by atoms with Crippen LogP contribution < -0.4 is 5.32 Å². The van der Waals surface area contributed by atoms with Crippen LogP contribution in [0.3, 0.4) is 0 Å². The summed E-state index contributed by atoms with van der Waals surface area (Å²) in [4.78, 5) is 37.4. The van der Waals surface area contributed by atoms with Crippen LogP contribution in [0.2, 0.25) is 0 Å². The second-order valence-electron chi connectivity index (χ2n) is 8.04. The molecule has 0 saturated carbocycles. The van der Waals surface area contributed by atoms with Crippen molar-refractivity contribution in [2.75, 3.05) is 31.7 Å². The van der Waals surface area contributed by atoms with E-state index in [2.05, 4.69) is 10.4 Å². The van der Waals surface area contributed by atoms with Crippen molar-refractivity contribution in [2.24, 2.45) is 0 Å². The molecule has 2 heterocycles. The molecule has 1 unspecified atom stereocenters. The number of nitrogens with zero attached hydrogens (tertiary/aromatic N) is 2. The van der Waals surface area contributed by atoms with Crippen LogP contribution in [-0.4, -0.2) is 59.7 Å². The molecule has 1 aromatic rings. The Bertz CT molecular complexity index is 777. The number of esters is 3. The summed E-state index contributed by atoms with van der Waals surface area (Å²) in [5.74, 6) is -1.72. The Morgan fingerprint density at radius 2 is 1.81 bits per heavy atom. The fourth-order valence-electron chi connectivity index (χ4n) is 3.15. The zero-order valence-corrected chi connectivity index (χ0v) is 19.0. The molecule has 0 aliphatic carbocycles. The Labute approximate surface area is 182 Å². The summed E-state index contributed by atoms with van der Waals surface area (Å²) < 4.78 is 22.8. The highest BCUT2D eigenvalue weighted by Gasteiger charge is 2.33. The van der Waals surface area contributed by atoms with E-state index in [1.165, 1.54) is 4.68 Å². The molecule has 1 N–H and O–H groups in total. The van der Waals surface area contributed by atoms with Crippen LogP contribution >= 0.6 is 0 Å². The topological polar surface area (TPSA) is 118 Å². The van der Waals surface area contributed by atoms with Crippen molar-refractivity contribution in [3.05, 3.63) is 11.4 Å². The summed E-state index contributed by atoms with van der Waals surface area (Å²) in [6.07, 6.45) is 2.00. The van der Waals surface area contributed by atoms with Gasteiger partial charge in [-0.1, -0.05) is 0 Å². The zero-order valence-electron chi connectivity index (χ0n) is 19.0. The standard InChI is InChI=1S/C21H33N3O7/c1-6-28-19(26)17-16(22-12-11-15(25)31-21(3,4)5)18(20(27)29-7-2)24(23-17)14-10-8-9-13-30-14/h14,22H,6-13H2,1-5H3. The highest BCUT2D eigenvalue weighted by atomic mass is 16.6. The van der Waals surface area contributed by atoms with Gasteiger partial charge in [0.1, 0.15) is 11.3 Å². The van der Waals surface area contributed by atoms with Crippen molar-refractivity contribution in [1.82, 2.24) is 9.78 Å². The first-order valence-electron chi connectivity index (χ1n) is 10.7. The van der Waals surface area contributed by atoms with Gasteiger partial charge in [-0.2, -0.15) is 5.10 Å². The fraction of sp³-hybridized carbons (Fsp3) is 0.714. The molecule has 174 valence electrons. The Morgan fingerprint density at radius 3 is 2.39 bits per heavy atom. The van der Waals surface area contributed by atoms with E-state index in [0.29, 0.717) is 13.0 Å². The van der Waals surface area contributed by atoms with Crippen LogP contribution in [-0.2, 0) is 23.7 Å². The molecule has 0 radical (unpaired) electrons. The van der Waals surface area contributed by atoms with E-state index in [4.69, 9.17) is 18.9 Å². The average molecular weight is 440 g/mol. The Hall–Kier alpha value is -2.62. The van der Waals surface area contributed by atoms with Crippen LogP contribution in [0.4, 0.5) is 5.69 Å². The maximum atomic E-state index is 12.8. The van der Waals surface area contributed by atoms with Crippen molar-refractivity contribution in [2.45, 2.75) is 72.1 Å². The van der Waals surface area contributed by atoms with E-state index in [1.807, 2.05) is 0 Å². The molecule has 1 aliphatic heterocycles. The fourth-order valence-corrected chi connectivity index (χ4v) is 3.15. The van der Waals surface area contributed by atoms with Gasteiger partial charge in [0.2, 0.25) is 0 Å². The van der Waals surface area contributed by atoms with Gasteiger partial charge in [-0.15, -0.1) is 0 Å². The van der Waals surface area contributed by atoms with Crippen LogP contribution in [0.15, 0.2) is 0 Å². The third-order valence-electron chi connectivity index (χ3n) is 4.33. The quantitative estimate of drug-likeness (QED) is 0.457. The number of hydrogen-bond acceptors (Lipinski definition) is 9. The SMILES string of the molecule is CCOC(=O)c1nn(C2CCCCO2)c(C(=O)OCC)c1NCCC(=O)OC(C)(C)C. The van der Waals surface area contributed by atoms with Gasteiger partial charge >= 0.3 is 17.9 Å². The van der Waals surface area contributed by atoms with Gasteiger partial charge in [0.15, 0.2) is 17.6 Å². The van der Waals surface area contributed by atoms with E-state index in [-0.39, 0.29) is 43.3 Å². The Balaban J connectivity index is 2.36. The van der Waals surface area contributed by atoms with Crippen molar-refractivity contribution in [3.8, 4) is 0 Å². The van der Waals surface area contributed by atoms with Crippen molar-refractivity contribution < 1.29 is 33.3 Å². The van der Waals surface area contributed by atoms with E-state index in [0.717, 1.165) is 12.8 Å². The van der Waals surface area contributed by atoms with Gasteiger partial charge in [0.25, 0.3) is 0 Å². The molecule has 31 heavy (non-hydrogen) atoms. The highest BCUT2D eigenvalue weighted by molar-refractivity contribution is 6.02. The van der Waals surface area contributed by atoms with Crippen molar-refractivity contribution in [1.29, 1.82) is 0 Å². The highest BCUT2D eigenvalue weighted by Crippen LogP contribution is 2.30. The van der Waals surface area contributed by atoms with Crippen LogP contribution in [0, 0.1) is 0 Å². The minimum atomic E-state index is -0.678. The second-order valence-corrected chi connectivity index (χ2v) is 8.04. The molecule has 1 atom stereocenters. The summed E-state index contributed by atoms with van der Waals surface area (Å²) in [5, 5.41) is 7.35. The summed E-state index contributed by atoms with van der Waals surface area (Å²) >= 11 is 0. The predicted molar refractivity (Wildman–Crippen MR) is 112 cm³/mol. The van der Waals surface area contributed by atoms with Crippen LogP contribution in [0.25, 0.3) is 0 Å². The lowest BCUT2D eigenvalue weighted by molar-refractivity contribution is -0.154. The minimum absolute atomic E-state index is 0.0346. The summed E-state index contributed by atoms with van der Waals surface area (Å²) in [6.45, 7) is 9.69. The summed E-state index contributed by atoms with van der Waals surface area (Å²) in [6, 6.07) is 0. The average Bonchev–Trinajstić information content (AvgIpc) is 3.07. The normalized spacial score (nSPS) is 16.5. The van der Waals surface area contributed by atoms with E-state index in [9.17, 15) is 14.4 Å². The lowest BCUT2D eigenvalue weighted by Gasteiger charge is -2.24. The zero-order chi connectivity index (χ0) is 23.0. The number of aromatic nitrogens is 2. The monoisotopic (exact) mass is 439 g/mol. The number of rotatable bonds is 9. The molecule has 1 aliphatic rings. The molecule has 10 nitrogen and oxygen atoms in total. The van der Waals surface area contributed by atoms with Crippen LogP contribution in [0.1, 0.15) is 87.5 Å². The lowest BCUT2D eigenvalue weighted by atomic mass is 10.2. The molecule has 1 fully saturated rings. The molecule has 0 amide bonds. The lowest BCUT2D eigenvalue weighted by Crippen LogP contribution is -2.26. The summed E-state index contributed by atoms with van der Waals surface area (Å²) in [7, 11) is 0. The molecular weight excluding hydrogens is 406 g/mol.